The molecule has 0 saturated heterocycles. The van der Waals surface area contributed by atoms with Gasteiger partial charge in [-0.25, -0.2) is 0 Å². The Hall–Kier alpha value is -0.640. The minimum absolute atomic E-state index is 0.154. The lowest BCUT2D eigenvalue weighted by atomic mass is 10.0. The molecular weight excluding hydrogens is 220 g/mol. The third-order valence-corrected chi connectivity index (χ3v) is 3.54. The van der Waals surface area contributed by atoms with Crippen LogP contribution < -0.4 is 11.1 Å². The van der Waals surface area contributed by atoms with Gasteiger partial charge in [-0.1, -0.05) is 38.4 Å². The minimum Gasteiger partial charge on any atom is -0.393 e. The van der Waals surface area contributed by atoms with Crippen LogP contribution in [0.2, 0.25) is 0 Å². The van der Waals surface area contributed by atoms with Crippen LogP contribution in [-0.2, 0) is 4.79 Å². The number of nitrogens with one attached hydrogen (secondary N) is 1. The van der Waals surface area contributed by atoms with Gasteiger partial charge in [-0.15, -0.1) is 0 Å². The van der Waals surface area contributed by atoms with E-state index in [4.69, 9.17) is 18.0 Å². The van der Waals surface area contributed by atoms with Gasteiger partial charge >= 0.3 is 0 Å². The van der Waals surface area contributed by atoms with E-state index in [1.807, 2.05) is 0 Å². The van der Waals surface area contributed by atoms with Gasteiger partial charge in [0.1, 0.15) is 0 Å². The summed E-state index contributed by atoms with van der Waals surface area (Å²) in [7, 11) is 0. The highest BCUT2D eigenvalue weighted by Crippen LogP contribution is 2.26. The Bertz CT molecular complexity index is 255. The Labute approximate surface area is 103 Å². The number of amides is 1. The van der Waals surface area contributed by atoms with Crippen LogP contribution in [0.3, 0.4) is 0 Å². The summed E-state index contributed by atoms with van der Waals surface area (Å²) in [5, 5.41) is 3.06. The van der Waals surface area contributed by atoms with Crippen LogP contribution in [0.25, 0.3) is 0 Å². The number of thiocarbonyl (C=S) groups is 1. The van der Waals surface area contributed by atoms with Crippen molar-refractivity contribution in [2.24, 2.45) is 11.7 Å². The Kier molecular flexibility index (Phi) is 5.74. The van der Waals surface area contributed by atoms with Gasteiger partial charge in [0.2, 0.25) is 5.91 Å². The number of carbonyl (C=O) groups excluding carboxylic acids is 1. The number of unbranched alkanes of at least 4 members (excludes halogenated alkanes) is 2. The molecule has 0 aromatic carbocycles. The van der Waals surface area contributed by atoms with Crippen molar-refractivity contribution in [3.8, 4) is 0 Å². The SMILES string of the molecule is CCCCCC(=O)NC1CCCC1C(N)=S. The van der Waals surface area contributed by atoms with Crippen LogP contribution in [0.1, 0.15) is 51.9 Å². The second-order valence-corrected chi connectivity index (χ2v) is 5.04. The molecule has 0 spiro atoms. The van der Waals surface area contributed by atoms with Gasteiger partial charge in [-0.05, 0) is 19.3 Å². The fourth-order valence-corrected chi connectivity index (χ4v) is 2.57. The Balaban J connectivity index is 2.30. The first-order chi connectivity index (χ1) is 7.65. The van der Waals surface area contributed by atoms with E-state index in [-0.39, 0.29) is 17.9 Å². The molecular formula is C12H22N2OS. The highest BCUT2D eigenvalue weighted by Gasteiger charge is 2.30. The number of rotatable bonds is 6. The van der Waals surface area contributed by atoms with E-state index in [0.29, 0.717) is 11.4 Å². The molecule has 1 saturated carbocycles. The average molecular weight is 242 g/mol. The predicted octanol–water partition coefficient (Wildman–Crippen LogP) is 2.14. The molecule has 2 atom stereocenters. The number of carbonyl (C=O) groups is 1. The van der Waals surface area contributed by atoms with E-state index in [9.17, 15) is 4.79 Å². The van der Waals surface area contributed by atoms with Crippen LogP contribution >= 0.6 is 12.2 Å². The van der Waals surface area contributed by atoms with Gasteiger partial charge in [0.15, 0.2) is 0 Å². The lowest BCUT2D eigenvalue weighted by molar-refractivity contribution is -0.122. The minimum atomic E-state index is 0.154. The second-order valence-electron chi connectivity index (χ2n) is 4.57. The first-order valence-corrected chi connectivity index (χ1v) is 6.64. The fourth-order valence-electron chi connectivity index (χ4n) is 2.29. The van der Waals surface area contributed by atoms with E-state index >= 15 is 0 Å². The summed E-state index contributed by atoms with van der Waals surface area (Å²) < 4.78 is 0. The fraction of sp³-hybridized carbons (Fsp3) is 0.833. The summed E-state index contributed by atoms with van der Waals surface area (Å²) >= 11 is 5.02. The Morgan fingerprint density at radius 2 is 2.19 bits per heavy atom. The first-order valence-electron chi connectivity index (χ1n) is 6.23. The topological polar surface area (TPSA) is 55.1 Å². The molecule has 0 aliphatic heterocycles. The summed E-state index contributed by atoms with van der Waals surface area (Å²) in [5.41, 5.74) is 5.67. The molecule has 0 radical (unpaired) electrons. The van der Waals surface area contributed by atoms with Crippen molar-refractivity contribution in [2.45, 2.75) is 57.9 Å². The molecule has 3 N–H and O–H groups in total. The molecule has 0 aromatic heterocycles. The van der Waals surface area contributed by atoms with Crippen LogP contribution in [0.15, 0.2) is 0 Å². The highest BCUT2D eigenvalue weighted by molar-refractivity contribution is 7.80. The number of hydrogen-bond acceptors (Lipinski definition) is 2. The zero-order valence-corrected chi connectivity index (χ0v) is 10.8. The first kappa shape index (κ1) is 13.4. The van der Waals surface area contributed by atoms with E-state index in [1.165, 1.54) is 0 Å². The van der Waals surface area contributed by atoms with Gasteiger partial charge in [0.05, 0.1) is 4.99 Å². The molecule has 1 fully saturated rings. The molecule has 4 heteroatoms. The third-order valence-electron chi connectivity index (χ3n) is 3.24. The van der Waals surface area contributed by atoms with Crippen molar-refractivity contribution in [2.75, 3.05) is 0 Å². The van der Waals surface area contributed by atoms with Gasteiger partial charge in [0, 0.05) is 18.4 Å². The van der Waals surface area contributed by atoms with E-state index < -0.39 is 0 Å². The standard InChI is InChI=1S/C12H22N2OS/c1-2-3-4-8-11(15)14-10-7-5-6-9(10)12(13)16/h9-10H,2-8H2,1H3,(H2,13,16)(H,14,15). The number of nitrogens with two attached hydrogens (primary N) is 1. The van der Waals surface area contributed by atoms with Gasteiger partial charge in [-0.2, -0.15) is 0 Å². The van der Waals surface area contributed by atoms with Crippen molar-refractivity contribution in [3.05, 3.63) is 0 Å². The zero-order valence-electron chi connectivity index (χ0n) is 10.00. The van der Waals surface area contributed by atoms with Crippen molar-refractivity contribution < 1.29 is 4.79 Å². The van der Waals surface area contributed by atoms with Crippen molar-refractivity contribution in [1.82, 2.24) is 5.32 Å². The second kappa shape index (κ2) is 6.84. The molecule has 1 aliphatic carbocycles. The van der Waals surface area contributed by atoms with Gasteiger partial charge in [0.25, 0.3) is 0 Å². The summed E-state index contributed by atoms with van der Waals surface area (Å²) in [5.74, 6) is 0.367. The molecule has 92 valence electrons. The quantitative estimate of drug-likeness (QED) is 0.554. The zero-order chi connectivity index (χ0) is 12.0. The highest BCUT2D eigenvalue weighted by atomic mass is 32.1. The molecule has 16 heavy (non-hydrogen) atoms. The van der Waals surface area contributed by atoms with Crippen molar-refractivity contribution in [1.29, 1.82) is 0 Å². The normalized spacial score (nSPS) is 24.3. The molecule has 1 rings (SSSR count). The molecule has 3 nitrogen and oxygen atoms in total. The van der Waals surface area contributed by atoms with Crippen molar-refractivity contribution >= 4 is 23.1 Å². The monoisotopic (exact) mass is 242 g/mol. The van der Waals surface area contributed by atoms with Crippen LogP contribution in [-0.4, -0.2) is 16.9 Å². The number of hydrogen-bond donors (Lipinski definition) is 2. The summed E-state index contributed by atoms with van der Waals surface area (Å²) in [6.45, 7) is 2.14. The van der Waals surface area contributed by atoms with E-state index in [0.717, 1.165) is 38.5 Å². The molecule has 1 amide bonds. The molecule has 1 aliphatic rings. The summed E-state index contributed by atoms with van der Waals surface area (Å²) in [6, 6.07) is 0.187. The maximum Gasteiger partial charge on any atom is 0.220 e. The predicted molar refractivity (Wildman–Crippen MR) is 70.2 cm³/mol. The molecule has 0 bridgehead atoms. The molecule has 0 aromatic rings. The van der Waals surface area contributed by atoms with Crippen LogP contribution in [0.5, 0.6) is 0 Å². The third kappa shape index (κ3) is 4.08. The molecule has 2 unspecified atom stereocenters. The van der Waals surface area contributed by atoms with Gasteiger partial charge < -0.3 is 11.1 Å². The summed E-state index contributed by atoms with van der Waals surface area (Å²) in [4.78, 5) is 12.2. The van der Waals surface area contributed by atoms with Gasteiger partial charge in [-0.3, -0.25) is 4.79 Å². The largest absolute Gasteiger partial charge is 0.393 e. The maximum absolute atomic E-state index is 11.6. The van der Waals surface area contributed by atoms with Crippen LogP contribution in [0.4, 0.5) is 0 Å². The van der Waals surface area contributed by atoms with Crippen molar-refractivity contribution in [3.63, 3.8) is 0 Å². The molecule has 0 heterocycles. The van der Waals surface area contributed by atoms with E-state index in [2.05, 4.69) is 12.2 Å². The maximum atomic E-state index is 11.6. The Morgan fingerprint density at radius 3 is 2.81 bits per heavy atom. The lowest BCUT2D eigenvalue weighted by Gasteiger charge is -2.19. The van der Waals surface area contributed by atoms with E-state index in [1.54, 1.807) is 0 Å². The average Bonchev–Trinajstić information content (AvgIpc) is 2.66. The lowest BCUT2D eigenvalue weighted by Crippen LogP contribution is -2.41. The summed E-state index contributed by atoms with van der Waals surface area (Å²) in [6.07, 6.45) is 7.03. The Morgan fingerprint density at radius 1 is 1.44 bits per heavy atom. The van der Waals surface area contributed by atoms with Crippen LogP contribution in [0, 0.1) is 5.92 Å². The smallest absolute Gasteiger partial charge is 0.220 e.